The molecule has 0 saturated carbocycles. The molecule has 0 radical (unpaired) electrons. The molecule has 0 aliphatic carbocycles. The van der Waals surface area contributed by atoms with Gasteiger partial charge in [0.25, 0.3) is 5.69 Å². The number of ether oxygens (including phenoxy) is 3. The van der Waals surface area contributed by atoms with Gasteiger partial charge in [0.05, 0.1) is 16.5 Å². The van der Waals surface area contributed by atoms with E-state index in [1.165, 1.54) is 23.1 Å². The monoisotopic (exact) mass is 388 g/mol. The summed E-state index contributed by atoms with van der Waals surface area (Å²) in [5.74, 6) is -1.69. The lowest BCUT2D eigenvalue weighted by Crippen LogP contribution is -2.66. The lowest BCUT2D eigenvalue weighted by molar-refractivity contribution is -0.385. The molecule has 1 aromatic carbocycles. The van der Waals surface area contributed by atoms with E-state index in [-0.39, 0.29) is 42.1 Å². The van der Waals surface area contributed by atoms with Crippen molar-refractivity contribution in [3.8, 4) is 0 Å². The Kier molecular flexibility index (Phi) is 4.06. The van der Waals surface area contributed by atoms with Crippen LogP contribution in [-0.2, 0) is 30.4 Å². The number of carbonyl (C=O) groups is 3. The molecule has 3 unspecified atom stereocenters. The van der Waals surface area contributed by atoms with Gasteiger partial charge in [-0.1, -0.05) is 18.2 Å². The molecule has 3 heterocycles. The minimum atomic E-state index is -1.06. The summed E-state index contributed by atoms with van der Waals surface area (Å²) in [6.45, 7) is 1.32. The first-order valence-corrected chi connectivity index (χ1v) is 8.60. The Labute approximate surface area is 158 Å². The van der Waals surface area contributed by atoms with Crippen molar-refractivity contribution in [2.24, 2.45) is 5.92 Å². The van der Waals surface area contributed by atoms with E-state index < -0.39 is 28.6 Å². The third-order valence-electron chi connectivity index (χ3n) is 5.24. The molecule has 10 nitrogen and oxygen atoms in total. The molecule has 0 bridgehead atoms. The molecule has 1 aromatic rings. The van der Waals surface area contributed by atoms with Gasteiger partial charge in [-0.15, -0.1) is 0 Å². The number of para-hydroxylation sites is 1. The molecule has 1 amide bonds. The van der Waals surface area contributed by atoms with Crippen molar-refractivity contribution < 1.29 is 33.5 Å². The fourth-order valence-electron chi connectivity index (χ4n) is 3.90. The number of carbonyl (C=O) groups excluding carboxylic acids is 3. The number of esters is 1. The first kappa shape index (κ1) is 18.0. The highest BCUT2D eigenvalue weighted by Gasteiger charge is 2.63. The van der Waals surface area contributed by atoms with Crippen LogP contribution in [0.4, 0.5) is 10.5 Å². The van der Waals surface area contributed by atoms with E-state index in [2.05, 4.69) is 0 Å². The summed E-state index contributed by atoms with van der Waals surface area (Å²) in [4.78, 5) is 48.1. The van der Waals surface area contributed by atoms with Crippen LogP contribution < -0.4 is 0 Å². The van der Waals surface area contributed by atoms with Crippen LogP contribution in [-0.4, -0.2) is 46.1 Å². The van der Waals surface area contributed by atoms with Crippen LogP contribution in [0.5, 0.6) is 0 Å². The largest absolute Gasteiger partial charge is 0.509 e. The number of cyclic esters (lactones) is 2. The van der Waals surface area contributed by atoms with Gasteiger partial charge in [0.2, 0.25) is 5.91 Å². The Morgan fingerprint density at radius 3 is 2.82 bits per heavy atom. The molecular weight excluding hydrogens is 372 g/mol. The Bertz CT molecular complexity index is 926. The van der Waals surface area contributed by atoms with E-state index in [4.69, 9.17) is 14.2 Å². The van der Waals surface area contributed by atoms with Crippen LogP contribution >= 0.6 is 0 Å². The fraction of sp³-hybridized carbons (Fsp3) is 0.389. The predicted molar refractivity (Wildman–Crippen MR) is 90.6 cm³/mol. The van der Waals surface area contributed by atoms with E-state index >= 15 is 0 Å². The van der Waals surface area contributed by atoms with Gasteiger partial charge in [0.15, 0.2) is 5.60 Å². The zero-order valence-corrected chi connectivity index (χ0v) is 14.8. The number of hydrogen-bond acceptors (Lipinski definition) is 8. The summed E-state index contributed by atoms with van der Waals surface area (Å²) in [5.41, 5.74) is -0.859. The molecule has 146 valence electrons. The molecule has 3 aliphatic heterocycles. The predicted octanol–water partition coefficient (Wildman–Crippen LogP) is 1.68. The second-order valence-corrected chi connectivity index (χ2v) is 6.99. The second kappa shape index (κ2) is 6.32. The van der Waals surface area contributed by atoms with Gasteiger partial charge >= 0.3 is 12.1 Å². The maximum absolute atomic E-state index is 12.6. The zero-order chi connectivity index (χ0) is 20.1. The third-order valence-corrected chi connectivity index (χ3v) is 5.24. The van der Waals surface area contributed by atoms with Crippen molar-refractivity contribution in [1.82, 2.24) is 4.90 Å². The SMILES string of the molecule is CC1(C2C(=O)N3C(C(=O)OCc4ccccc4[N+](=O)[O-])=CCC23)COC(=O)O1. The van der Waals surface area contributed by atoms with Crippen LogP contribution in [0.1, 0.15) is 18.9 Å². The van der Waals surface area contributed by atoms with E-state index in [1.54, 1.807) is 19.1 Å². The van der Waals surface area contributed by atoms with Crippen LogP contribution in [0.3, 0.4) is 0 Å². The lowest BCUT2D eigenvalue weighted by Gasteiger charge is -2.48. The van der Waals surface area contributed by atoms with E-state index in [0.717, 1.165) is 0 Å². The molecule has 2 saturated heterocycles. The number of fused-ring (bicyclic) bond motifs is 1. The smallest absolute Gasteiger partial charge is 0.456 e. The summed E-state index contributed by atoms with van der Waals surface area (Å²) in [6.07, 6.45) is 1.19. The number of nitrogens with zero attached hydrogens (tertiary/aromatic N) is 2. The van der Waals surface area contributed by atoms with Gasteiger partial charge in [-0.3, -0.25) is 14.9 Å². The zero-order valence-electron chi connectivity index (χ0n) is 14.8. The number of nitro groups is 1. The molecule has 28 heavy (non-hydrogen) atoms. The van der Waals surface area contributed by atoms with Gasteiger partial charge in [0.1, 0.15) is 24.8 Å². The minimum Gasteiger partial charge on any atom is -0.456 e. The van der Waals surface area contributed by atoms with E-state index in [9.17, 15) is 24.5 Å². The molecule has 3 aliphatic rings. The summed E-state index contributed by atoms with van der Waals surface area (Å²) in [7, 11) is 0. The van der Waals surface area contributed by atoms with Crippen LogP contribution in [0.25, 0.3) is 0 Å². The summed E-state index contributed by atoms with van der Waals surface area (Å²) >= 11 is 0. The molecule has 4 rings (SSSR count). The fourth-order valence-corrected chi connectivity index (χ4v) is 3.90. The van der Waals surface area contributed by atoms with E-state index in [0.29, 0.717) is 6.42 Å². The van der Waals surface area contributed by atoms with Gasteiger partial charge in [-0.2, -0.15) is 0 Å². The first-order valence-electron chi connectivity index (χ1n) is 8.60. The van der Waals surface area contributed by atoms with Crippen molar-refractivity contribution in [2.75, 3.05) is 6.61 Å². The standard InChI is InChI=1S/C18H16N2O8/c1-18(9-27-17(23)28-18)14-12-6-7-13(19(12)15(14)21)16(22)26-8-10-4-2-3-5-11(10)20(24)25/h2-5,7,12,14H,6,8-9H2,1H3. The van der Waals surface area contributed by atoms with Crippen molar-refractivity contribution in [1.29, 1.82) is 0 Å². The Morgan fingerprint density at radius 2 is 2.14 bits per heavy atom. The van der Waals surface area contributed by atoms with Gasteiger partial charge in [-0.25, -0.2) is 9.59 Å². The number of rotatable bonds is 5. The molecule has 0 aromatic heterocycles. The summed E-state index contributed by atoms with van der Waals surface area (Å²) in [6, 6.07) is 5.63. The maximum atomic E-state index is 12.6. The number of amides is 1. The Balaban J connectivity index is 1.42. The van der Waals surface area contributed by atoms with Crippen molar-refractivity contribution >= 4 is 23.7 Å². The molecule has 0 spiro atoms. The highest BCUT2D eigenvalue weighted by atomic mass is 16.8. The number of benzene rings is 1. The Morgan fingerprint density at radius 1 is 1.39 bits per heavy atom. The number of hydrogen-bond donors (Lipinski definition) is 0. The van der Waals surface area contributed by atoms with Gasteiger partial charge in [-0.05, 0) is 19.4 Å². The maximum Gasteiger partial charge on any atom is 0.509 e. The summed E-state index contributed by atoms with van der Waals surface area (Å²) < 4.78 is 15.2. The van der Waals surface area contributed by atoms with Crippen LogP contribution in [0.2, 0.25) is 0 Å². The first-order chi connectivity index (χ1) is 13.3. The van der Waals surface area contributed by atoms with Crippen LogP contribution in [0, 0.1) is 16.0 Å². The minimum absolute atomic E-state index is 0.0238. The van der Waals surface area contributed by atoms with Crippen molar-refractivity contribution in [3.63, 3.8) is 0 Å². The molecule has 0 N–H and O–H groups in total. The highest BCUT2D eigenvalue weighted by molar-refractivity contribution is 6.00. The average Bonchev–Trinajstić information content (AvgIpc) is 3.20. The van der Waals surface area contributed by atoms with Gasteiger partial charge in [0, 0.05) is 6.07 Å². The van der Waals surface area contributed by atoms with Gasteiger partial charge < -0.3 is 19.1 Å². The quantitative estimate of drug-likeness (QED) is 0.323. The molecule has 2 fully saturated rings. The van der Waals surface area contributed by atoms with Crippen molar-refractivity contribution in [2.45, 2.75) is 31.6 Å². The normalized spacial score (nSPS) is 28.0. The number of β-lactam (4-membered cyclic amide) rings is 1. The number of nitro benzene ring substituents is 1. The van der Waals surface area contributed by atoms with E-state index in [1.807, 2.05) is 0 Å². The molecule has 3 atom stereocenters. The molecular formula is C18H16N2O8. The average molecular weight is 388 g/mol. The topological polar surface area (TPSA) is 125 Å². The third kappa shape index (κ3) is 2.68. The summed E-state index contributed by atoms with van der Waals surface area (Å²) in [5, 5.41) is 11.0. The Hall–Kier alpha value is -3.43. The molecule has 10 heteroatoms. The lowest BCUT2D eigenvalue weighted by atomic mass is 9.75. The highest BCUT2D eigenvalue weighted by Crippen LogP contribution is 2.46. The van der Waals surface area contributed by atoms with Crippen molar-refractivity contribution in [3.05, 3.63) is 51.7 Å². The second-order valence-electron chi connectivity index (χ2n) is 6.99. The van der Waals surface area contributed by atoms with Crippen LogP contribution in [0.15, 0.2) is 36.0 Å².